The average Bonchev–Trinajstić information content (AvgIpc) is 2.46. The van der Waals surface area contributed by atoms with E-state index < -0.39 is 20.4 Å². The Hall–Kier alpha value is -1.07. The number of aliphatic hydroxyl groups excluding tert-OH is 1. The summed E-state index contributed by atoms with van der Waals surface area (Å²) in [7, 11) is -2.59. The van der Waals surface area contributed by atoms with E-state index >= 15 is 0 Å². The Labute approximate surface area is 131 Å². The number of hydrogen-bond acceptors (Lipinski definition) is 1. The number of hydrogen-bond donors (Lipinski definition) is 1. The second-order valence-corrected chi connectivity index (χ2v) is 10.6. The summed E-state index contributed by atoms with van der Waals surface area (Å²) in [6.07, 6.45) is -3.80. The topological polar surface area (TPSA) is 20.2 Å². The van der Waals surface area contributed by atoms with E-state index in [0.29, 0.717) is 18.9 Å². The van der Waals surface area contributed by atoms with Gasteiger partial charge in [0.2, 0.25) is 0 Å². The first-order chi connectivity index (χ1) is 10.1. The zero-order valence-electron chi connectivity index (χ0n) is 13.6. The van der Waals surface area contributed by atoms with E-state index in [9.17, 15) is 18.3 Å². The lowest BCUT2D eigenvalue weighted by Crippen LogP contribution is -2.49. The number of allylic oxidation sites excluding steroid dienone is 1. The third-order valence-corrected chi connectivity index (χ3v) is 8.01. The Morgan fingerprint density at radius 3 is 2.05 bits per heavy atom. The first-order valence-corrected chi connectivity index (χ1v) is 10.7. The number of rotatable bonds is 6. The lowest BCUT2D eigenvalue weighted by molar-refractivity contribution is -0.0812. The Morgan fingerprint density at radius 2 is 1.64 bits per heavy atom. The van der Waals surface area contributed by atoms with Gasteiger partial charge in [0.05, 0.1) is 6.10 Å². The van der Waals surface area contributed by atoms with E-state index in [4.69, 9.17) is 0 Å². The smallest absolute Gasteiger partial charge is 0.389 e. The highest BCUT2D eigenvalue weighted by molar-refractivity contribution is 6.95. The van der Waals surface area contributed by atoms with Gasteiger partial charge < -0.3 is 5.11 Å². The fourth-order valence-corrected chi connectivity index (χ4v) is 5.68. The van der Waals surface area contributed by atoms with Gasteiger partial charge in [0.15, 0.2) is 0 Å². The van der Waals surface area contributed by atoms with Crippen LogP contribution in [0.4, 0.5) is 13.2 Å². The minimum Gasteiger partial charge on any atom is -0.389 e. The monoisotopic (exact) mass is 330 g/mol. The number of alkyl halides is 3. The third-order valence-electron chi connectivity index (χ3n) is 4.35. The molecule has 124 valence electrons. The van der Waals surface area contributed by atoms with Crippen LogP contribution >= 0.6 is 0 Å². The molecule has 1 aromatic carbocycles. The molecule has 0 spiro atoms. The van der Waals surface area contributed by atoms with E-state index in [1.807, 2.05) is 57.3 Å². The number of aliphatic hydroxyl groups is 1. The van der Waals surface area contributed by atoms with Crippen LogP contribution in [0.1, 0.15) is 26.7 Å². The van der Waals surface area contributed by atoms with Crippen molar-refractivity contribution in [2.45, 2.75) is 52.1 Å². The van der Waals surface area contributed by atoms with Gasteiger partial charge in [-0.3, -0.25) is 0 Å². The number of halogens is 3. The Bertz CT molecular complexity index is 490. The van der Waals surface area contributed by atoms with Crippen LogP contribution in [0.25, 0.3) is 0 Å². The predicted octanol–water partition coefficient (Wildman–Crippen LogP) is 4.43. The maximum atomic E-state index is 13.0. The van der Waals surface area contributed by atoms with Gasteiger partial charge in [0.25, 0.3) is 0 Å². The summed E-state index contributed by atoms with van der Waals surface area (Å²) in [5.41, 5.74) is 0. The summed E-state index contributed by atoms with van der Waals surface area (Å²) in [6.45, 7) is 7.54. The summed E-state index contributed by atoms with van der Waals surface area (Å²) in [5, 5.41) is 11.7. The van der Waals surface area contributed by atoms with Crippen molar-refractivity contribution in [3.8, 4) is 0 Å². The van der Waals surface area contributed by atoms with Gasteiger partial charge in [-0.05, 0) is 11.1 Å². The van der Waals surface area contributed by atoms with E-state index in [-0.39, 0.29) is 11.1 Å². The molecule has 1 rings (SSSR count). The summed E-state index contributed by atoms with van der Waals surface area (Å²) < 4.78 is 39.1. The highest BCUT2D eigenvalue weighted by atomic mass is 28.3. The molecule has 1 atom stereocenters. The predicted molar refractivity (Wildman–Crippen MR) is 87.8 cm³/mol. The first kappa shape index (κ1) is 19.0. The largest absolute Gasteiger partial charge is 0.409 e. The van der Waals surface area contributed by atoms with Gasteiger partial charge >= 0.3 is 6.18 Å². The molecule has 1 N–H and O–H groups in total. The Balaban J connectivity index is 3.36. The zero-order chi connectivity index (χ0) is 17.0. The van der Waals surface area contributed by atoms with Crippen molar-refractivity contribution in [1.29, 1.82) is 0 Å². The van der Waals surface area contributed by atoms with Crippen LogP contribution in [0, 0.1) is 5.92 Å². The molecule has 0 heterocycles. The average molecular weight is 330 g/mol. The Morgan fingerprint density at radius 1 is 1.14 bits per heavy atom. The lowest BCUT2D eigenvalue weighted by Gasteiger charge is -2.34. The van der Waals surface area contributed by atoms with Crippen molar-refractivity contribution in [1.82, 2.24) is 0 Å². The molecule has 1 nitrogen and oxygen atoms in total. The van der Waals surface area contributed by atoms with Crippen molar-refractivity contribution >= 4 is 13.3 Å². The van der Waals surface area contributed by atoms with E-state index in [1.165, 1.54) is 0 Å². The molecule has 0 aliphatic carbocycles. The first-order valence-electron chi connectivity index (χ1n) is 7.67. The van der Waals surface area contributed by atoms with Crippen molar-refractivity contribution in [3.05, 3.63) is 41.6 Å². The fourth-order valence-electron chi connectivity index (χ4n) is 2.82. The maximum absolute atomic E-state index is 13.0. The van der Waals surface area contributed by atoms with Gasteiger partial charge in [0, 0.05) is 6.08 Å². The van der Waals surface area contributed by atoms with E-state index in [2.05, 4.69) is 0 Å². The third kappa shape index (κ3) is 4.71. The molecule has 0 radical (unpaired) electrons. The molecular weight excluding hydrogens is 305 g/mol. The molecule has 0 amide bonds. The molecule has 0 aliphatic rings. The molecule has 0 bridgehead atoms. The zero-order valence-corrected chi connectivity index (χ0v) is 14.6. The van der Waals surface area contributed by atoms with Crippen LogP contribution in [0.3, 0.4) is 0 Å². The van der Waals surface area contributed by atoms with Gasteiger partial charge in [-0.15, -0.1) is 0 Å². The van der Waals surface area contributed by atoms with Crippen LogP contribution in [0.5, 0.6) is 0 Å². The summed E-state index contributed by atoms with van der Waals surface area (Å²) >= 11 is 0. The van der Waals surface area contributed by atoms with Gasteiger partial charge in [-0.25, -0.2) is 0 Å². The molecule has 22 heavy (non-hydrogen) atoms. The van der Waals surface area contributed by atoms with Crippen LogP contribution in [-0.4, -0.2) is 25.5 Å². The number of benzene rings is 1. The lowest BCUT2D eigenvalue weighted by atomic mass is 9.96. The van der Waals surface area contributed by atoms with Gasteiger partial charge in [-0.2, -0.15) is 13.2 Å². The standard InChI is InChI=1S/C17H25F3OSi/c1-5-13(6-2)16(21)15(12-17(18,19)20)22(3,4)14-10-8-7-9-11-14/h7-13,16,21H,5-6H2,1-4H3/b15-12-. The minimum atomic E-state index is -4.42. The molecule has 0 saturated heterocycles. The molecule has 1 aromatic rings. The summed E-state index contributed by atoms with van der Waals surface area (Å²) in [6, 6.07) is 9.22. The second kappa shape index (κ2) is 7.46. The fraction of sp³-hybridized carbons (Fsp3) is 0.529. The summed E-state index contributed by atoms with van der Waals surface area (Å²) in [5.74, 6) is -0.149. The highest BCUT2D eigenvalue weighted by Crippen LogP contribution is 2.31. The maximum Gasteiger partial charge on any atom is 0.409 e. The van der Waals surface area contributed by atoms with Crippen molar-refractivity contribution in [2.75, 3.05) is 0 Å². The van der Waals surface area contributed by atoms with Crippen LogP contribution in [-0.2, 0) is 0 Å². The van der Waals surface area contributed by atoms with Gasteiger partial charge in [0.1, 0.15) is 8.07 Å². The van der Waals surface area contributed by atoms with Crippen LogP contribution in [0.2, 0.25) is 13.1 Å². The normalized spacial score (nSPS) is 15.2. The van der Waals surface area contributed by atoms with Crippen LogP contribution < -0.4 is 5.19 Å². The highest BCUT2D eigenvalue weighted by Gasteiger charge is 2.39. The quantitative estimate of drug-likeness (QED) is 0.765. The molecule has 0 fully saturated rings. The molecule has 0 aliphatic heterocycles. The molecule has 0 saturated carbocycles. The van der Waals surface area contributed by atoms with Crippen molar-refractivity contribution < 1.29 is 18.3 Å². The molecular formula is C17H25F3OSi. The summed E-state index contributed by atoms with van der Waals surface area (Å²) in [4.78, 5) is 0. The molecule has 1 unspecified atom stereocenters. The molecule has 0 aromatic heterocycles. The second-order valence-electron chi connectivity index (χ2n) is 6.15. The van der Waals surface area contributed by atoms with E-state index in [0.717, 1.165) is 5.19 Å². The van der Waals surface area contributed by atoms with E-state index in [1.54, 1.807) is 0 Å². The Kier molecular flexibility index (Phi) is 6.44. The van der Waals surface area contributed by atoms with Gasteiger partial charge in [-0.1, -0.05) is 75.3 Å². The van der Waals surface area contributed by atoms with Crippen molar-refractivity contribution in [3.63, 3.8) is 0 Å². The molecule has 5 heteroatoms. The SMILES string of the molecule is CCC(CC)C(O)/C(=C/C(F)(F)F)[Si](C)(C)c1ccccc1. The van der Waals surface area contributed by atoms with Crippen LogP contribution in [0.15, 0.2) is 41.6 Å². The van der Waals surface area contributed by atoms with Crippen molar-refractivity contribution in [2.24, 2.45) is 5.92 Å². The minimum absolute atomic E-state index is 0.149.